The van der Waals surface area contributed by atoms with E-state index in [9.17, 15) is 4.79 Å². The molecule has 0 radical (unpaired) electrons. The molecule has 1 N–H and O–H groups in total. The molecule has 0 spiro atoms. The Balaban J connectivity index is 2.40. The molecule has 1 amide bonds. The Bertz CT molecular complexity index is 156. The summed E-state index contributed by atoms with van der Waals surface area (Å²) in [6.45, 7) is 7.32. The molecule has 0 saturated carbocycles. The predicted octanol–water partition coefficient (Wildman–Crippen LogP) is 0.768. The van der Waals surface area contributed by atoms with Crippen molar-refractivity contribution < 1.29 is 4.79 Å². The molecule has 3 nitrogen and oxygen atoms in total. The summed E-state index contributed by atoms with van der Waals surface area (Å²) in [6, 6.07) is 0.366. The van der Waals surface area contributed by atoms with Gasteiger partial charge < -0.3 is 0 Å². The minimum atomic E-state index is 0.151. The zero-order chi connectivity index (χ0) is 8.43. The van der Waals surface area contributed by atoms with Gasteiger partial charge in [0.1, 0.15) is 0 Å². The van der Waals surface area contributed by atoms with E-state index >= 15 is 0 Å². The first-order valence-electron chi connectivity index (χ1n) is 4.15. The van der Waals surface area contributed by atoms with Crippen LogP contribution in [0.4, 0.5) is 0 Å². The van der Waals surface area contributed by atoms with Crippen LogP contribution in [-0.4, -0.2) is 23.5 Å². The van der Waals surface area contributed by atoms with Gasteiger partial charge in [0.15, 0.2) is 0 Å². The van der Waals surface area contributed by atoms with Gasteiger partial charge >= 0.3 is 0 Å². The average molecular weight is 156 g/mol. The van der Waals surface area contributed by atoms with E-state index in [-0.39, 0.29) is 5.91 Å². The van der Waals surface area contributed by atoms with Gasteiger partial charge in [-0.1, -0.05) is 13.8 Å². The van der Waals surface area contributed by atoms with E-state index in [0.717, 1.165) is 6.54 Å². The van der Waals surface area contributed by atoms with Crippen LogP contribution in [0.25, 0.3) is 0 Å². The van der Waals surface area contributed by atoms with Gasteiger partial charge in [-0.25, -0.2) is 5.01 Å². The molecule has 0 aromatic heterocycles. The average Bonchev–Trinajstić information content (AvgIpc) is 2.09. The Hall–Kier alpha value is -0.570. The maximum atomic E-state index is 10.9. The van der Waals surface area contributed by atoms with Crippen molar-refractivity contribution in [3.05, 3.63) is 0 Å². The van der Waals surface area contributed by atoms with Crippen LogP contribution in [0.3, 0.4) is 0 Å². The van der Waals surface area contributed by atoms with Crippen molar-refractivity contribution >= 4 is 5.91 Å². The first kappa shape index (κ1) is 8.53. The normalized spacial score (nSPS) is 26.2. The Morgan fingerprint density at radius 2 is 2.36 bits per heavy atom. The summed E-state index contributed by atoms with van der Waals surface area (Å²) >= 11 is 0. The van der Waals surface area contributed by atoms with E-state index < -0.39 is 0 Å². The highest BCUT2D eigenvalue weighted by atomic mass is 16.2. The molecule has 0 aliphatic carbocycles. The lowest BCUT2D eigenvalue weighted by molar-refractivity contribution is -0.121. The Labute approximate surface area is 67.7 Å². The molecule has 0 bridgehead atoms. The van der Waals surface area contributed by atoms with E-state index in [4.69, 9.17) is 0 Å². The molecule has 1 atom stereocenters. The third-order valence-corrected chi connectivity index (χ3v) is 1.84. The van der Waals surface area contributed by atoms with Gasteiger partial charge in [0.25, 0.3) is 0 Å². The first-order valence-corrected chi connectivity index (χ1v) is 4.15. The number of hydrogen-bond donors (Lipinski definition) is 1. The molecule has 1 heterocycles. The number of amides is 1. The topological polar surface area (TPSA) is 32.3 Å². The van der Waals surface area contributed by atoms with Crippen molar-refractivity contribution in [2.24, 2.45) is 5.92 Å². The van der Waals surface area contributed by atoms with E-state index in [1.165, 1.54) is 0 Å². The second-order valence-corrected chi connectivity index (χ2v) is 3.63. The summed E-state index contributed by atoms with van der Waals surface area (Å²) in [5, 5.41) is 2.02. The molecule has 0 aromatic carbocycles. The molecule has 11 heavy (non-hydrogen) atoms. The maximum absolute atomic E-state index is 10.9. The van der Waals surface area contributed by atoms with Crippen molar-refractivity contribution in [2.75, 3.05) is 6.54 Å². The van der Waals surface area contributed by atoms with E-state index in [1.807, 2.05) is 5.01 Å². The molecule has 3 heteroatoms. The zero-order valence-corrected chi connectivity index (χ0v) is 7.42. The van der Waals surface area contributed by atoms with Crippen LogP contribution in [0.15, 0.2) is 0 Å². The SMILES string of the molecule is CC(C)CN1NC(=O)C[C@H]1C. The minimum Gasteiger partial charge on any atom is -0.289 e. The zero-order valence-electron chi connectivity index (χ0n) is 7.42. The van der Waals surface area contributed by atoms with Crippen molar-refractivity contribution in [1.82, 2.24) is 10.4 Å². The fourth-order valence-corrected chi connectivity index (χ4v) is 1.31. The fraction of sp³-hybridized carbons (Fsp3) is 0.875. The number of hydrazine groups is 1. The summed E-state index contributed by atoms with van der Waals surface area (Å²) in [5.41, 5.74) is 2.83. The van der Waals surface area contributed by atoms with Crippen LogP contribution in [0, 0.1) is 5.92 Å². The van der Waals surface area contributed by atoms with Crippen LogP contribution >= 0.6 is 0 Å². The van der Waals surface area contributed by atoms with Crippen LogP contribution in [0.1, 0.15) is 27.2 Å². The van der Waals surface area contributed by atoms with E-state index in [0.29, 0.717) is 18.4 Å². The quantitative estimate of drug-likeness (QED) is 0.640. The largest absolute Gasteiger partial charge is 0.289 e. The van der Waals surface area contributed by atoms with Gasteiger partial charge in [0, 0.05) is 19.0 Å². The van der Waals surface area contributed by atoms with Crippen molar-refractivity contribution in [3.8, 4) is 0 Å². The van der Waals surface area contributed by atoms with E-state index in [2.05, 4.69) is 26.2 Å². The lowest BCUT2D eigenvalue weighted by atomic mass is 10.2. The molecule has 64 valence electrons. The Morgan fingerprint density at radius 3 is 2.73 bits per heavy atom. The third-order valence-electron chi connectivity index (χ3n) is 1.84. The summed E-state index contributed by atoms with van der Waals surface area (Å²) in [4.78, 5) is 10.9. The smallest absolute Gasteiger partial charge is 0.235 e. The monoisotopic (exact) mass is 156 g/mol. The number of hydrogen-bond acceptors (Lipinski definition) is 2. The van der Waals surface area contributed by atoms with Crippen molar-refractivity contribution in [2.45, 2.75) is 33.2 Å². The van der Waals surface area contributed by atoms with Gasteiger partial charge in [0.2, 0.25) is 5.91 Å². The molecule has 0 unspecified atom stereocenters. The summed E-state index contributed by atoms with van der Waals surface area (Å²) in [7, 11) is 0. The highest BCUT2D eigenvalue weighted by Crippen LogP contribution is 2.10. The van der Waals surface area contributed by atoms with Crippen LogP contribution < -0.4 is 5.43 Å². The van der Waals surface area contributed by atoms with Gasteiger partial charge in [-0.3, -0.25) is 10.2 Å². The van der Waals surface area contributed by atoms with Crippen molar-refractivity contribution in [3.63, 3.8) is 0 Å². The standard InChI is InChI=1S/C8H16N2O/c1-6(2)5-10-7(3)4-8(11)9-10/h6-7H,4-5H2,1-3H3,(H,9,11)/t7-/m1/s1. The molecular formula is C8H16N2O. The van der Waals surface area contributed by atoms with Gasteiger partial charge in [0.05, 0.1) is 0 Å². The number of nitrogens with one attached hydrogen (secondary N) is 1. The Kier molecular flexibility index (Phi) is 2.49. The number of nitrogens with zero attached hydrogens (tertiary/aromatic N) is 1. The van der Waals surface area contributed by atoms with Crippen LogP contribution in [0.2, 0.25) is 0 Å². The van der Waals surface area contributed by atoms with Crippen LogP contribution in [0.5, 0.6) is 0 Å². The highest BCUT2D eigenvalue weighted by molar-refractivity contribution is 5.77. The van der Waals surface area contributed by atoms with Gasteiger partial charge in [-0.05, 0) is 12.8 Å². The minimum absolute atomic E-state index is 0.151. The fourth-order valence-electron chi connectivity index (χ4n) is 1.31. The molecule has 1 aliphatic heterocycles. The van der Waals surface area contributed by atoms with Gasteiger partial charge in [-0.2, -0.15) is 0 Å². The molecule has 1 saturated heterocycles. The highest BCUT2D eigenvalue weighted by Gasteiger charge is 2.26. The third kappa shape index (κ3) is 2.19. The van der Waals surface area contributed by atoms with Crippen molar-refractivity contribution in [1.29, 1.82) is 0 Å². The molecule has 1 aliphatic rings. The second-order valence-electron chi connectivity index (χ2n) is 3.63. The Morgan fingerprint density at radius 1 is 1.73 bits per heavy atom. The lowest BCUT2D eigenvalue weighted by Crippen LogP contribution is -2.39. The molecule has 1 fully saturated rings. The van der Waals surface area contributed by atoms with Gasteiger partial charge in [-0.15, -0.1) is 0 Å². The second kappa shape index (κ2) is 3.22. The molecule has 1 rings (SSSR count). The predicted molar refractivity (Wildman–Crippen MR) is 43.8 cm³/mol. The van der Waals surface area contributed by atoms with Crippen LogP contribution in [-0.2, 0) is 4.79 Å². The summed E-state index contributed by atoms with van der Waals surface area (Å²) in [6.07, 6.45) is 0.646. The number of rotatable bonds is 2. The number of carbonyl (C=O) groups is 1. The lowest BCUT2D eigenvalue weighted by Gasteiger charge is -2.21. The summed E-state index contributed by atoms with van der Waals surface area (Å²) < 4.78 is 0. The van der Waals surface area contributed by atoms with E-state index in [1.54, 1.807) is 0 Å². The number of carbonyl (C=O) groups excluding carboxylic acids is 1. The first-order chi connectivity index (χ1) is 5.09. The molecular weight excluding hydrogens is 140 g/mol. The molecule has 0 aromatic rings. The summed E-state index contributed by atoms with van der Waals surface area (Å²) in [5.74, 6) is 0.758. The maximum Gasteiger partial charge on any atom is 0.235 e.